The molecule has 0 fully saturated rings. The fraction of sp³-hybridized carbons (Fsp3) is 0.0952. The van der Waals surface area contributed by atoms with Crippen molar-refractivity contribution < 1.29 is 9.53 Å². The topological polar surface area (TPSA) is 26.3 Å². The van der Waals surface area contributed by atoms with Crippen molar-refractivity contribution in [3.63, 3.8) is 0 Å². The molecule has 24 heavy (non-hydrogen) atoms. The Labute approximate surface area is 146 Å². The van der Waals surface area contributed by atoms with Gasteiger partial charge in [0.25, 0.3) is 0 Å². The lowest BCUT2D eigenvalue weighted by atomic mass is 10.0. The van der Waals surface area contributed by atoms with E-state index in [9.17, 15) is 4.79 Å². The lowest BCUT2D eigenvalue weighted by Crippen LogP contribution is -2.05. The zero-order chi connectivity index (χ0) is 16.8. The molecule has 3 aromatic carbocycles. The zero-order valence-corrected chi connectivity index (χ0v) is 13.9. The van der Waals surface area contributed by atoms with Crippen LogP contribution in [0.3, 0.4) is 0 Å². The summed E-state index contributed by atoms with van der Waals surface area (Å²) in [6, 6.07) is 25.4. The monoisotopic (exact) mass is 336 g/mol. The summed E-state index contributed by atoms with van der Waals surface area (Å²) in [6.45, 7) is 0.249. The Morgan fingerprint density at radius 2 is 1.50 bits per heavy atom. The average molecular weight is 337 g/mol. The van der Waals surface area contributed by atoms with E-state index in [1.54, 1.807) is 12.1 Å². The Kier molecular flexibility index (Phi) is 5.29. The molecule has 0 saturated heterocycles. The van der Waals surface area contributed by atoms with E-state index in [0.29, 0.717) is 11.4 Å². The molecule has 0 saturated carbocycles. The van der Waals surface area contributed by atoms with Crippen LogP contribution in [-0.2, 0) is 17.2 Å². The summed E-state index contributed by atoms with van der Waals surface area (Å²) in [6.07, 6.45) is 0. The number of esters is 1. The Bertz CT molecular complexity index is 811. The van der Waals surface area contributed by atoms with Crippen molar-refractivity contribution >= 4 is 17.6 Å². The molecule has 0 aliphatic rings. The van der Waals surface area contributed by atoms with Gasteiger partial charge in [0.1, 0.15) is 6.61 Å². The highest BCUT2D eigenvalue weighted by Gasteiger charge is 2.08. The molecule has 3 heteroatoms. The molecule has 0 amide bonds. The molecule has 2 nitrogen and oxygen atoms in total. The second-order valence-corrected chi connectivity index (χ2v) is 5.74. The molecule has 0 radical (unpaired) electrons. The molecule has 0 bridgehead atoms. The summed E-state index contributed by atoms with van der Waals surface area (Å²) < 4.78 is 5.38. The van der Waals surface area contributed by atoms with Crippen molar-refractivity contribution in [3.05, 3.63) is 95.6 Å². The Morgan fingerprint density at radius 3 is 2.21 bits per heavy atom. The first-order valence-corrected chi connectivity index (χ1v) is 8.26. The minimum Gasteiger partial charge on any atom is -0.457 e. The van der Waals surface area contributed by atoms with Crippen LogP contribution in [0.5, 0.6) is 0 Å². The quantitative estimate of drug-likeness (QED) is 0.457. The van der Waals surface area contributed by atoms with Crippen LogP contribution < -0.4 is 0 Å². The summed E-state index contributed by atoms with van der Waals surface area (Å²) in [5.74, 6) is 0.0383. The van der Waals surface area contributed by atoms with E-state index in [2.05, 4.69) is 12.1 Å². The second kappa shape index (κ2) is 7.80. The van der Waals surface area contributed by atoms with Crippen molar-refractivity contribution in [2.24, 2.45) is 0 Å². The van der Waals surface area contributed by atoms with Crippen molar-refractivity contribution in [1.29, 1.82) is 0 Å². The molecule has 0 spiro atoms. The first-order valence-electron chi connectivity index (χ1n) is 7.72. The lowest BCUT2D eigenvalue weighted by Gasteiger charge is -2.07. The van der Waals surface area contributed by atoms with E-state index in [1.807, 2.05) is 54.6 Å². The Morgan fingerprint density at radius 1 is 0.792 bits per heavy atom. The molecule has 120 valence electrons. The van der Waals surface area contributed by atoms with Gasteiger partial charge >= 0.3 is 5.97 Å². The third kappa shape index (κ3) is 4.03. The molecule has 0 N–H and O–H groups in total. The van der Waals surface area contributed by atoms with Gasteiger partial charge in [0.15, 0.2) is 0 Å². The van der Waals surface area contributed by atoms with Gasteiger partial charge in [0.05, 0.1) is 5.56 Å². The average Bonchev–Trinajstić information content (AvgIpc) is 2.67. The molecule has 0 aliphatic carbocycles. The smallest absolute Gasteiger partial charge is 0.338 e. The van der Waals surface area contributed by atoms with Crippen LogP contribution in [0.1, 0.15) is 21.5 Å². The summed E-state index contributed by atoms with van der Waals surface area (Å²) in [5, 5.41) is 0. The number of ether oxygens (including phenoxy) is 1. The highest BCUT2D eigenvalue weighted by Crippen LogP contribution is 2.19. The standard InChI is InChI=1S/C21H17ClO2/c22-14-17-5-4-8-20(13-17)21(23)24-15-16-9-11-19(12-10-16)18-6-2-1-3-7-18/h1-13H,14-15H2. The van der Waals surface area contributed by atoms with Crippen molar-refractivity contribution in [2.75, 3.05) is 0 Å². The number of alkyl halides is 1. The fourth-order valence-electron chi connectivity index (χ4n) is 2.44. The number of benzene rings is 3. The number of hydrogen-bond donors (Lipinski definition) is 0. The van der Waals surface area contributed by atoms with Gasteiger partial charge in [-0.05, 0) is 34.4 Å². The Hall–Kier alpha value is -2.58. The van der Waals surface area contributed by atoms with Gasteiger partial charge < -0.3 is 4.74 Å². The Balaban J connectivity index is 1.63. The minimum atomic E-state index is -0.339. The van der Waals surface area contributed by atoms with Gasteiger partial charge in [-0.2, -0.15) is 0 Å². The second-order valence-electron chi connectivity index (χ2n) is 5.47. The van der Waals surface area contributed by atoms with E-state index < -0.39 is 0 Å². The van der Waals surface area contributed by atoms with Crippen LogP contribution in [0.2, 0.25) is 0 Å². The summed E-state index contributed by atoms with van der Waals surface area (Å²) in [4.78, 5) is 12.1. The van der Waals surface area contributed by atoms with Crippen molar-refractivity contribution in [1.82, 2.24) is 0 Å². The summed E-state index contributed by atoms with van der Waals surface area (Å²) >= 11 is 5.79. The third-order valence-corrected chi connectivity index (χ3v) is 4.06. The maximum atomic E-state index is 12.1. The van der Waals surface area contributed by atoms with Gasteiger partial charge in [-0.15, -0.1) is 11.6 Å². The van der Waals surface area contributed by atoms with Crippen molar-refractivity contribution in [3.8, 4) is 11.1 Å². The number of carbonyl (C=O) groups excluding carboxylic acids is 1. The SMILES string of the molecule is O=C(OCc1ccc(-c2ccccc2)cc1)c1cccc(CCl)c1. The van der Waals surface area contributed by atoms with E-state index in [4.69, 9.17) is 16.3 Å². The highest BCUT2D eigenvalue weighted by molar-refractivity contribution is 6.17. The molecular formula is C21H17ClO2. The molecule has 0 unspecified atom stereocenters. The van der Waals surface area contributed by atoms with Gasteiger partial charge in [0, 0.05) is 5.88 Å². The number of rotatable bonds is 5. The van der Waals surface area contributed by atoms with Crippen LogP contribution >= 0.6 is 11.6 Å². The van der Waals surface area contributed by atoms with Crippen LogP contribution in [0.15, 0.2) is 78.9 Å². The van der Waals surface area contributed by atoms with E-state index in [0.717, 1.165) is 16.7 Å². The molecule has 0 heterocycles. The minimum absolute atomic E-state index is 0.249. The zero-order valence-electron chi connectivity index (χ0n) is 13.1. The molecule has 3 aromatic rings. The van der Waals surface area contributed by atoms with Gasteiger partial charge in [-0.25, -0.2) is 4.79 Å². The third-order valence-electron chi connectivity index (χ3n) is 3.75. The fourth-order valence-corrected chi connectivity index (χ4v) is 2.60. The van der Waals surface area contributed by atoms with Gasteiger partial charge in [-0.3, -0.25) is 0 Å². The largest absolute Gasteiger partial charge is 0.457 e. The summed E-state index contributed by atoms with van der Waals surface area (Å²) in [7, 11) is 0. The van der Waals surface area contributed by atoms with E-state index >= 15 is 0 Å². The lowest BCUT2D eigenvalue weighted by molar-refractivity contribution is 0.0472. The predicted octanol–water partition coefficient (Wildman–Crippen LogP) is 5.45. The van der Waals surface area contributed by atoms with Crippen LogP contribution in [0.25, 0.3) is 11.1 Å². The number of carbonyl (C=O) groups is 1. The first-order chi connectivity index (χ1) is 11.8. The maximum Gasteiger partial charge on any atom is 0.338 e. The number of hydrogen-bond acceptors (Lipinski definition) is 2. The normalized spacial score (nSPS) is 10.4. The first kappa shape index (κ1) is 16.3. The van der Waals surface area contributed by atoms with Crippen LogP contribution in [0.4, 0.5) is 0 Å². The molecule has 0 aromatic heterocycles. The highest BCUT2D eigenvalue weighted by atomic mass is 35.5. The van der Waals surface area contributed by atoms with E-state index in [1.165, 1.54) is 5.56 Å². The molecule has 0 aliphatic heterocycles. The summed E-state index contributed by atoms with van der Waals surface area (Å²) in [5.41, 5.74) is 4.68. The van der Waals surface area contributed by atoms with Crippen LogP contribution in [0, 0.1) is 0 Å². The van der Waals surface area contributed by atoms with Crippen molar-refractivity contribution in [2.45, 2.75) is 12.5 Å². The molecule has 3 rings (SSSR count). The molecular weight excluding hydrogens is 320 g/mol. The van der Waals surface area contributed by atoms with Gasteiger partial charge in [0.2, 0.25) is 0 Å². The maximum absolute atomic E-state index is 12.1. The van der Waals surface area contributed by atoms with E-state index in [-0.39, 0.29) is 12.6 Å². The van der Waals surface area contributed by atoms with Gasteiger partial charge in [-0.1, -0.05) is 66.7 Å². The number of halogens is 1. The van der Waals surface area contributed by atoms with Crippen LogP contribution in [-0.4, -0.2) is 5.97 Å². The molecule has 0 atom stereocenters. The predicted molar refractivity (Wildman–Crippen MR) is 97.0 cm³/mol.